The molecule has 3 nitrogen and oxygen atoms in total. The molecule has 0 aromatic heterocycles. The highest BCUT2D eigenvalue weighted by Crippen LogP contribution is 2.48. The van der Waals surface area contributed by atoms with Crippen LogP contribution in [0.5, 0.6) is 0 Å². The van der Waals surface area contributed by atoms with Crippen LogP contribution in [0, 0.1) is 11.3 Å². The molecule has 3 heteroatoms. The smallest absolute Gasteiger partial charge is 0.0502 e. The van der Waals surface area contributed by atoms with Crippen LogP contribution in [0.3, 0.4) is 0 Å². The molecular formula is C11H22N2O. The van der Waals surface area contributed by atoms with Gasteiger partial charge in [-0.15, -0.1) is 0 Å². The highest BCUT2D eigenvalue weighted by Gasteiger charge is 2.48. The van der Waals surface area contributed by atoms with Crippen molar-refractivity contribution in [3.8, 4) is 0 Å². The molecule has 2 atom stereocenters. The molecular weight excluding hydrogens is 176 g/mol. The van der Waals surface area contributed by atoms with Gasteiger partial charge in [-0.1, -0.05) is 6.42 Å². The van der Waals surface area contributed by atoms with E-state index in [1.807, 2.05) is 0 Å². The molecule has 1 saturated carbocycles. The van der Waals surface area contributed by atoms with Crippen LogP contribution in [0.2, 0.25) is 0 Å². The van der Waals surface area contributed by atoms with Crippen molar-refractivity contribution in [1.82, 2.24) is 4.90 Å². The van der Waals surface area contributed by atoms with Gasteiger partial charge in [-0.05, 0) is 38.3 Å². The number of aliphatic hydroxyl groups excluding tert-OH is 1. The topological polar surface area (TPSA) is 49.5 Å². The van der Waals surface area contributed by atoms with Gasteiger partial charge in [-0.3, -0.25) is 0 Å². The first-order valence-electron chi connectivity index (χ1n) is 5.84. The maximum Gasteiger partial charge on any atom is 0.0502 e. The van der Waals surface area contributed by atoms with Crippen molar-refractivity contribution < 1.29 is 5.11 Å². The Hall–Kier alpha value is -0.120. The van der Waals surface area contributed by atoms with Gasteiger partial charge < -0.3 is 15.7 Å². The number of hydrogen-bond acceptors (Lipinski definition) is 3. The van der Waals surface area contributed by atoms with E-state index in [2.05, 4.69) is 4.90 Å². The summed E-state index contributed by atoms with van der Waals surface area (Å²) < 4.78 is 0. The van der Waals surface area contributed by atoms with Crippen molar-refractivity contribution in [2.75, 3.05) is 32.8 Å². The zero-order valence-electron chi connectivity index (χ0n) is 8.91. The van der Waals surface area contributed by atoms with Gasteiger partial charge in [0.1, 0.15) is 0 Å². The number of nitrogens with zero attached hydrogens (tertiary/aromatic N) is 1. The van der Waals surface area contributed by atoms with Crippen LogP contribution < -0.4 is 5.73 Å². The highest BCUT2D eigenvalue weighted by atomic mass is 16.3. The Balaban J connectivity index is 1.91. The second-order valence-electron chi connectivity index (χ2n) is 4.99. The summed E-state index contributed by atoms with van der Waals surface area (Å²) in [5, 5.41) is 9.52. The Kier molecular flexibility index (Phi) is 3.10. The fourth-order valence-electron chi connectivity index (χ4n) is 3.27. The fraction of sp³-hybridized carbons (Fsp3) is 1.00. The van der Waals surface area contributed by atoms with Crippen LogP contribution in [0.15, 0.2) is 0 Å². The van der Waals surface area contributed by atoms with E-state index in [1.165, 1.54) is 25.8 Å². The van der Waals surface area contributed by atoms with E-state index in [-0.39, 0.29) is 5.41 Å². The number of fused-ring (bicyclic) bond motifs is 1. The first-order valence-corrected chi connectivity index (χ1v) is 5.84. The molecule has 0 radical (unpaired) electrons. The standard InChI is InChI=1S/C11H22N2O/c12-5-2-6-13-7-10-3-1-4-11(10,8-13)9-14/h10,14H,1-9,12H2/t10-,11-/m1/s1. The quantitative estimate of drug-likeness (QED) is 0.689. The first kappa shape index (κ1) is 10.4. The van der Waals surface area contributed by atoms with E-state index in [1.54, 1.807) is 0 Å². The van der Waals surface area contributed by atoms with Crippen LogP contribution >= 0.6 is 0 Å². The van der Waals surface area contributed by atoms with E-state index >= 15 is 0 Å². The summed E-state index contributed by atoms with van der Waals surface area (Å²) in [5.74, 6) is 0.755. The van der Waals surface area contributed by atoms with Gasteiger partial charge in [-0.25, -0.2) is 0 Å². The minimum atomic E-state index is 0.259. The van der Waals surface area contributed by atoms with Crippen LogP contribution in [0.1, 0.15) is 25.7 Å². The van der Waals surface area contributed by atoms with E-state index < -0.39 is 0 Å². The van der Waals surface area contributed by atoms with Gasteiger partial charge in [0.05, 0.1) is 6.61 Å². The van der Waals surface area contributed by atoms with Crippen molar-refractivity contribution in [3.63, 3.8) is 0 Å². The van der Waals surface area contributed by atoms with Gasteiger partial charge in [0, 0.05) is 18.5 Å². The molecule has 2 fully saturated rings. The Bertz CT molecular complexity index is 198. The lowest BCUT2D eigenvalue weighted by atomic mass is 9.82. The predicted octanol–water partition coefficient (Wildman–Crippen LogP) is 0.430. The van der Waals surface area contributed by atoms with Crippen LogP contribution in [0.4, 0.5) is 0 Å². The van der Waals surface area contributed by atoms with E-state index in [0.29, 0.717) is 6.61 Å². The van der Waals surface area contributed by atoms with E-state index in [4.69, 9.17) is 5.73 Å². The normalized spacial score (nSPS) is 37.7. The lowest BCUT2D eigenvalue weighted by molar-refractivity contribution is 0.112. The van der Waals surface area contributed by atoms with Crippen molar-refractivity contribution in [3.05, 3.63) is 0 Å². The molecule has 0 unspecified atom stereocenters. The molecule has 1 aliphatic carbocycles. The van der Waals surface area contributed by atoms with Crippen molar-refractivity contribution in [2.45, 2.75) is 25.7 Å². The molecule has 0 aromatic carbocycles. The summed E-state index contributed by atoms with van der Waals surface area (Å²) in [6.45, 7) is 4.59. The number of hydrogen-bond donors (Lipinski definition) is 2. The third-order valence-corrected chi connectivity index (χ3v) is 4.10. The van der Waals surface area contributed by atoms with Crippen LogP contribution in [-0.2, 0) is 0 Å². The number of nitrogens with two attached hydrogens (primary N) is 1. The van der Waals surface area contributed by atoms with Crippen molar-refractivity contribution >= 4 is 0 Å². The number of rotatable bonds is 4. The molecule has 0 spiro atoms. The monoisotopic (exact) mass is 198 g/mol. The predicted molar refractivity (Wildman–Crippen MR) is 57.0 cm³/mol. The molecule has 2 aliphatic rings. The van der Waals surface area contributed by atoms with E-state index in [0.717, 1.165) is 32.0 Å². The summed E-state index contributed by atoms with van der Waals surface area (Å²) >= 11 is 0. The molecule has 1 heterocycles. The highest BCUT2D eigenvalue weighted by molar-refractivity contribution is 5.00. The number of aliphatic hydroxyl groups is 1. The molecule has 0 aromatic rings. The first-order chi connectivity index (χ1) is 6.80. The van der Waals surface area contributed by atoms with Gasteiger partial charge >= 0.3 is 0 Å². The Morgan fingerprint density at radius 2 is 2.36 bits per heavy atom. The Morgan fingerprint density at radius 1 is 1.50 bits per heavy atom. The van der Waals surface area contributed by atoms with Crippen molar-refractivity contribution in [1.29, 1.82) is 0 Å². The second kappa shape index (κ2) is 4.17. The van der Waals surface area contributed by atoms with E-state index in [9.17, 15) is 5.11 Å². The summed E-state index contributed by atoms with van der Waals surface area (Å²) in [4.78, 5) is 2.49. The maximum atomic E-state index is 9.52. The molecule has 1 aliphatic heterocycles. The summed E-state index contributed by atoms with van der Waals surface area (Å²) in [6, 6.07) is 0. The van der Waals surface area contributed by atoms with Crippen LogP contribution in [-0.4, -0.2) is 42.8 Å². The maximum absolute atomic E-state index is 9.52. The Morgan fingerprint density at radius 3 is 3.00 bits per heavy atom. The zero-order chi connectivity index (χ0) is 10.0. The lowest BCUT2D eigenvalue weighted by Gasteiger charge is -2.26. The average Bonchev–Trinajstić information content (AvgIpc) is 2.70. The summed E-state index contributed by atoms with van der Waals surface area (Å²) in [5.41, 5.74) is 5.77. The second-order valence-corrected chi connectivity index (χ2v) is 4.99. The van der Waals surface area contributed by atoms with Gasteiger partial charge in [0.2, 0.25) is 0 Å². The molecule has 0 amide bonds. The molecule has 2 rings (SSSR count). The minimum Gasteiger partial charge on any atom is -0.396 e. The van der Waals surface area contributed by atoms with Gasteiger partial charge in [0.15, 0.2) is 0 Å². The van der Waals surface area contributed by atoms with Gasteiger partial charge in [-0.2, -0.15) is 0 Å². The average molecular weight is 198 g/mol. The fourth-order valence-corrected chi connectivity index (χ4v) is 3.27. The molecule has 14 heavy (non-hydrogen) atoms. The molecule has 0 bridgehead atoms. The molecule has 82 valence electrons. The largest absolute Gasteiger partial charge is 0.396 e. The number of likely N-dealkylation sites (tertiary alicyclic amines) is 1. The summed E-state index contributed by atoms with van der Waals surface area (Å²) in [7, 11) is 0. The van der Waals surface area contributed by atoms with Crippen molar-refractivity contribution in [2.24, 2.45) is 17.1 Å². The molecule has 1 saturated heterocycles. The lowest BCUT2D eigenvalue weighted by Crippen LogP contribution is -2.31. The third kappa shape index (κ3) is 1.69. The third-order valence-electron chi connectivity index (χ3n) is 4.10. The zero-order valence-corrected chi connectivity index (χ0v) is 8.91. The minimum absolute atomic E-state index is 0.259. The SMILES string of the molecule is NCCCN1C[C@H]2CCC[C@]2(CO)C1. The molecule has 3 N–H and O–H groups in total. The van der Waals surface area contributed by atoms with Crippen LogP contribution in [0.25, 0.3) is 0 Å². The summed E-state index contributed by atoms with van der Waals surface area (Å²) in [6.07, 6.45) is 4.96. The van der Waals surface area contributed by atoms with Gasteiger partial charge in [0.25, 0.3) is 0 Å². The Labute approximate surface area is 86.3 Å².